The summed E-state index contributed by atoms with van der Waals surface area (Å²) in [5, 5.41) is 0.387. The number of fused-ring (bicyclic) bond motifs is 2. The predicted octanol–water partition coefficient (Wildman–Crippen LogP) is 5.22. The van der Waals surface area contributed by atoms with Crippen LogP contribution in [0, 0.1) is 11.6 Å². The zero-order chi connectivity index (χ0) is 28.7. The highest BCUT2D eigenvalue weighted by Crippen LogP contribution is 2.30. The van der Waals surface area contributed by atoms with Crippen LogP contribution in [-0.4, -0.2) is 49.9 Å². The molecule has 6 rings (SSSR count). The number of hydrogen-bond donors (Lipinski definition) is 3. The number of aromatic amines is 2. The highest BCUT2D eigenvalue weighted by molar-refractivity contribution is 7.92. The van der Waals surface area contributed by atoms with Crippen LogP contribution in [0.15, 0.2) is 67.5 Å². The van der Waals surface area contributed by atoms with Gasteiger partial charge in [-0.2, -0.15) is 0 Å². The summed E-state index contributed by atoms with van der Waals surface area (Å²) in [4.78, 5) is 36.9. The molecular formula is C28H21F2N7O3S. The number of ketones is 1. The molecule has 0 atom stereocenters. The Kier molecular flexibility index (Phi) is 6.50. The van der Waals surface area contributed by atoms with Gasteiger partial charge in [-0.25, -0.2) is 37.1 Å². The molecule has 0 bridgehead atoms. The molecule has 0 unspecified atom stereocenters. The summed E-state index contributed by atoms with van der Waals surface area (Å²) in [6.45, 7) is 1.62. The lowest BCUT2D eigenvalue weighted by atomic mass is 10.0. The van der Waals surface area contributed by atoms with Gasteiger partial charge in [0.25, 0.3) is 0 Å². The maximum Gasteiger partial charge on any atom is 0.232 e. The Morgan fingerprint density at radius 3 is 2.46 bits per heavy atom. The van der Waals surface area contributed by atoms with Crippen molar-refractivity contribution in [1.82, 2.24) is 29.9 Å². The summed E-state index contributed by atoms with van der Waals surface area (Å²) < 4.78 is 55.9. The Morgan fingerprint density at radius 1 is 0.902 bits per heavy atom. The third kappa shape index (κ3) is 4.91. The van der Waals surface area contributed by atoms with Crippen LogP contribution in [0.4, 0.5) is 14.5 Å². The molecule has 13 heteroatoms. The second-order valence-corrected chi connectivity index (χ2v) is 11.1. The summed E-state index contributed by atoms with van der Waals surface area (Å²) in [5.41, 5.74) is 2.79. The standard InChI is InChI=1S/C28H21F2N7O3S/c1-2-7-41(39,40)37-25-21(29)5-4-18(24(25)30)26(38)20-13-34-28-19(20)8-16(10-33-28)17-11-31-27(32-12-17)15-3-6-22-23(9-15)36-14-35-22/h3-6,8-14,37H,2,7H2,1H3,(H,33,34)(H,35,36). The fraction of sp³-hybridized carbons (Fsp3) is 0.107. The summed E-state index contributed by atoms with van der Waals surface area (Å²) in [5.74, 6) is -3.02. The minimum Gasteiger partial charge on any atom is -0.345 e. The number of carbonyl (C=O) groups is 1. The van der Waals surface area contributed by atoms with Crippen LogP contribution >= 0.6 is 0 Å². The van der Waals surface area contributed by atoms with E-state index in [-0.39, 0.29) is 17.7 Å². The van der Waals surface area contributed by atoms with Crippen LogP contribution in [0.1, 0.15) is 29.3 Å². The minimum atomic E-state index is -4.00. The molecule has 0 aliphatic heterocycles. The number of benzene rings is 2. The zero-order valence-corrected chi connectivity index (χ0v) is 22.3. The summed E-state index contributed by atoms with van der Waals surface area (Å²) in [7, 11) is -4.00. The van der Waals surface area contributed by atoms with E-state index >= 15 is 4.39 Å². The number of aromatic nitrogens is 6. The van der Waals surface area contributed by atoms with Crippen LogP contribution in [0.5, 0.6) is 0 Å². The second kappa shape index (κ2) is 10.2. The largest absolute Gasteiger partial charge is 0.345 e. The first-order valence-corrected chi connectivity index (χ1v) is 14.2. The van der Waals surface area contributed by atoms with Gasteiger partial charge in [0.05, 0.1) is 28.7 Å². The van der Waals surface area contributed by atoms with E-state index in [1.54, 1.807) is 37.9 Å². The topological polar surface area (TPSA) is 146 Å². The summed E-state index contributed by atoms with van der Waals surface area (Å²) in [6, 6.07) is 9.16. The van der Waals surface area contributed by atoms with Crippen LogP contribution < -0.4 is 4.72 Å². The molecule has 0 saturated carbocycles. The Hall–Kier alpha value is -5.04. The Labute approximate surface area is 232 Å². The number of pyridine rings is 1. The smallest absolute Gasteiger partial charge is 0.232 e. The van der Waals surface area contributed by atoms with Gasteiger partial charge in [-0.15, -0.1) is 0 Å². The first-order valence-electron chi connectivity index (χ1n) is 12.5. The van der Waals surface area contributed by atoms with E-state index in [0.717, 1.165) is 28.7 Å². The van der Waals surface area contributed by atoms with Crippen LogP contribution in [0.3, 0.4) is 0 Å². The van der Waals surface area contributed by atoms with Crippen LogP contribution in [-0.2, 0) is 10.0 Å². The highest BCUT2D eigenvalue weighted by atomic mass is 32.2. The van der Waals surface area contributed by atoms with Crippen molar-refractivity contribution >= 4 is 43.6 Å². The van der Waals surface area contributed by atoms with Crippen molar-refractivity contribution in [2.45, 2.75) is 13.3 Å². The monoisotopic (exact) mass is 573 g/mol. The van der Waals surface area contributed by atoms with E-state index in [2.05, 4.69) is 29.9 Å². The number of hydrogen-bond acceptors (Lipinski definition) is 7. The van der Waals surface area contributed by atoms with Crippen molar-refractivity contribution in [3.8, 4) is 22.5 Å². The maximum absolute atomic E-state index is 15.3. The molecule has 4 heterocycles. The second-order valence-electron chi connectivity index (χ2n) is 9.29. The number of halogens is 2. The number of rotatable bonds is 8. The molecule has 41 heavy (non-hydrogen) atoms. The quantitative estimate of drug-likeness (QED) is 0.212. The van der Waals surface area contributed by atoms with Crippen LogP contribution in [0.2, 0.25) is 0 Å². The summed E-state index contributed by atoms with van der Waals surface area (Å²) in [6.07, 6.45) is 8.08. The number of sulfonamides is 1. The molecule has 0 fully saturated rings. The first kappa shape index (κ1) is 26.2. The molecule has 2 aromatic carbocycles. The summed E-state index contributed by atoms with van der Waals surface area (Å²) >= 11 is 0. The van der Waals surface area contributed by atoms with E-state index in [0.29, 0.717) is 28.0 Å². The van der Waals surface area contributed by atoms with Crippen molar-refractivity contribution in [2.24, 2.45) is 0 Å². The van der Waals surface area contributed by atoms with Crippen molar-refractivity contribution < 1.29 is 22.0 Å². The number of H-pyrrole nitrogens is 2. The number of anilines is 1. The lowest BCUT2D eigenvalue weighted by Crippen LogP contribution is -2.19. The SMILES string of the molecule is CCCS(=O)(=O)Nc1c(F)ccc(C(=O)c2c[nH]c3ncc(-c4cnc(-c5ccc6nc[nH]c6c5)nc4)cc23)c1F. The Morgan fingerprint density at radius 2 is 1.68 bits per heavy atom. The van der Waals surface area contributed by atoms with Crippen molar-refractivity contribution in [1.29, 1.82) is 0 Å². The fourth-order valence-electron chi connectivity index (χ4n) is 4.49. The van der Waals surface area contributed by atoms with Gasteiger partial charge in [0.2, 0.25) is 10.0 Å². The molecule has 6 aromatic rings. The van der Waals surface area contributed by atoms with E-state index in [9.17, 15) is 17.6 Å². The average molecular weight is 574 g/mol. The molecule has 0 radical (unpaired) electrons. The molecule has 0 saturated heterocycles. The van der Waals surface area contributed by atoms with Gasteiger partial charge in [0.1, 0.15) is 17.2 Å². The fourth-order valence-corrected chi connectivity index (χ4v) is 5.63. The van der Waals surface area contributed by atoms with Crippen molar-refractivity contribution in [3.05, 3.63) is 90.3 Å². The number of carbonyl (C=O) groups excluding carboxylic acids is 1. The van der Waals surface area contributed by atoms with E-state index in [4.69, 9.17) is 0 Å². The molecule has 0 spiro atoms. The minimum absolute atomic E-state index is 0.0765. The number of nitrogens with zero attached hydrogens (tertiary/aromatic N) is 4. The molecule has 0 aliphatic carbocycles. The van der Waals surface area contributed by atoms with Crippen molar-refractivity contribution in [3.63, 3.8) is 0 Å². The lowest BCUT2D eigenvalue weighted by Gasteiger charge is -2.11. The van der Waals surface area contributed by atoms with Gasteiger partial charge in [-0.1, -0.05) is 6.92 Å². The van der Waals surface area contributed by atoms with E-state index < -0.39 is 38.7 Å². The highest BCUT2D eigenvalue weighted by Gasteiger charge is 2.25. The lowest BCUT2D eigenvalue weighted by molar-refractivity contribution is 0.103. The van der Waals surface area contributed by atoms with Gasteiger partial charge in [-0.05, 0) is 42.8 Å². The third-order valence-electron chi connectivity index (χ3n) is 6.51. The maximum atomic E-state index is 15.3. The van der Waals surface area contributed by atoms with E-state index in [1.165, 1.54) is 6.20 Å². The Bertz CT molecular complexity index is 2060. The molecule has 0 aliphatic rings. The Balaban J connectivity index is 1.33. The molecule has 206 valence electrons. The normalized spacial score (nSPS) is 11.8. The number of imidazole rings is 1. The molecule has 4 aromatic heterocycles. The van der Waals surface area contributed by atoms with Gasteiger partial charge in [0, 0.05) is 52.4 Å². The van der Waals surface area contributed by atoms with Gasteiger partial charge in [0.15, 0.2) is 17.4 Å². The molecule has 10 nitrogen and oxygen atoms in total. The average Bonchev–Trinajstić information content (AvgIpc) is 3.61. The van der Waals surface area contributed by atoms with Crippen LogP contribution in [0.25, 0.3) is 44.6 Å². The van der Waals surface area contributed by atoms with Gasteiger partial charge < -0.3 is 9.97 Å². The number of nitrogens with one attached hydrogen (secondary N) is 3. The predicted molar refractivity (Wildman–Crippen MR) is 150 cm³/mol. The zero-order valence-electron chi connectivity index (χ0n) is 21.4. The first-order chi connectivity index (χ1) is 19.7. The van der Waals surface area contributed by atoms with Gasteiger partial charge >= 0.3 is 0 Å². The molecule has 3 N–H and O–H groups in total. The third-order valence-corrected chi connectivity index (χ3v) is 7.97. The van der Waals surface area contributed by atoms with E-state index in [1.807, 2.05) is 22.9 Å². The molecular weight excluding hydrogens is 552 g/mol. The van der Waals surface area contributed by atoms with Crippen molar-refractivity contribution in [2.75, 3.05) is 10.5 Å². The van der Waals surface area contributed by atoms with Gasteiger partial charge in [-0.3, -0.25) is 9.52 Å². The molecule has 0 amide bonds.